The number of hydrogen-bond acceptors (Lipinski definition) is 3. The molecule has 122 valence electrons. The number of Topliss-reactive ketones (excluding diaryl/α,β-unsaturated/α-hetero) is 1. The molecule has 2 heterocycles. The van der Waals surface area contributed by atoms with Crippen molar-refractivity contribution in [3.63, 3.8) is 0 Å². The van der Waals surface area contributed by atoms with E-state index in [0.29, 0.717) is 5.02 Å². The van der Waals surface area contributed by atoms with Crippen LogP contribution in [0, 0.1) is 12.8 Å². The molecule has 0 amide bonds. The maximum atomic E-state index is 12.8. The third kappa shape index (κ3) is 3.82. The smallest absolute Gasteiger partial charge is 0.167 e. The Labute approximate surface area is 142 Å². The number of piperidine rings is 1. The molecule has 1 fully saturated rings. The highest BCUT2D eigenvalue weighted by Gasteiger charge is 2.27. The molecule has 4 nitrogen and oxygen atoms in total. The van der Waals surface area contributed by atoms with E-state index in [1.54, 1.807) is 6.07 Å². The number of nitrogens with zero attached hydrogens (tertiary/aromatic N) is 3. The first-order valence-corrected chi connectivity index (χ1v) is 8.41. The van der Waals surface area contributed by atoms with Gasteiger partial charge < -0.3 is 0 Å². The van der Waals surface area contributed by atoms with E-state index in [9.17, 15) is 4.79 Å². The molecule has 0 spiro atoms. The number of carbonyl (C=O) groups excluding carboxylic acids is 1. The summed E-state index contributed by atoms with van der Waals surface area (Å²) in [5.41, 5.74) is 2.97. The molecule has 1 aliphatic heterocycles. The standard InChI is InChI=1S/C18H22ClN3O/c1-13-8-16(19)5-6-17(13)18(23)15-4-3-7-22(12-15)11-14-9-20-21(2)10-14/h5-6,8-10,15H,3-4,7,11-12H2,1-2H3/t15-/m1/s1. The number of carbonyl (C=O) groups is 1. The molecule has 1 saturated heterocycles. The van der Waals surface area contributed by atoms with Crippen molar-refractivity contribution < 1.29 is 4.79 Å². The second-order valence-electron chi connectivity index (χ2n) is 6.42. The van der Waals surface area contributed by atoms with Crippen molar-refractivity contribution in [1.82, 2.24) is 14.7 Å². The van der Waals surface area contributed by atoms with Crippen LogP contribution in [0.5, 0.6) is 0 Å². The van der Waals surface area contributed by atoms with Gasteiger partial charge in [-0.25, -0.2) is 0 Å². The quantitative estimate of drug-likeness (QED) is 0.805. The first-order chi connectivity index (χ1) is 11.0. The number of aryl methyl sites for hydroxylation is 2. The van der Waals surface area contributed by atoms with E-state index in [1.807, 2.05) is 43.2 Å². The number of halogens is 1. The predicted octanol–water partition coefficient (Wildman–Crippen LogP) is 3.48. The minimum atomic E-state index is 0.0697. The maximum Gasteiger partial charge on any atom is 0.167 e. The highest BCUT2D eigenvalue weighted by atomic mass is 35.5. The summed E-state index contributed by atoms with van der Waals surface area (Å²) in [5.74, 6) is 0.315. The van der Waals surface area contributed by atoms with E-state index < -0.39 is 0 Å². The van der Waals surface area contributed by atoms with Crippen LogP contribution in [0.15, 0.2) is 30.6 Å². The van der Waals surface area contributed by atoms with Gasteiger partial charge in [-0.1, -0.05) is 11.6 Å². The van der Waals surface area contributed by atoms with Crippen LogP contribution in [0.25, 0.3) is 0 Å². The summed E-state index contributed by atoms with van der Waals surface area (Å²) in [7, 11) is 1.93. The van der Waals surface area contributed by atoms with E-state index in [1.165, 1.54) is 5.56 Å². The highest BCUT2D eigenvalue weighted by Crippen LogP contribution is 2.25. The van der Waals surface area contributed by atoms with Gasteiger partial charge in [0.25, 0.3) is 0 Å². The summed E-state index contributed by atoms with van der Waals surface area (Å²) in [6.07, 6.45) is 5.96. The lowest BCUT2D eigenvalue weighted by Crippen LogP contribution is -2.38. The van der Waals surface area contributed by atoms with Crippen LogP contribution in [-0.4, -0.2) is 33.6 Å². The van der Waals surface area contributed by atoms with Gasteiger partial charge in [-0.15, -0.1) is 0 Å². The fourth-order valence-corrected chi connectivity index (χ4v) is 3.57. The average molecular weight is 332 g/mol. The Balaban J connectivity index is 1.69. The Bertz CT molecular complexity index is 710. The molecule has 1 atom stereocenters. The van der Waals surface area contributed by atoms with Gasteiger partial charge in [0, 0.05) is 48.4 Å². The van der Waals surface area contributed by atoms with Crippen LogP contribution in [0.4, 0.5) is 0 Å². The number of benzene rings is 1. The molecule has 5 heteroatoms. The van der Waals surface area contributed by atoms with E-state index >= 15 is 0 Å². The van der Waals surface area contributed by atoms with Gasteiger partial charge in [-0.05, 0) is 50.1 Å². The number of hydrogen-bond donors (Lipinski definition) is 0. The Morgan fingerprint density at radius 2 is 2.26 bits per heavy atom. The van der Waals surface area contributed by atoms with E-state index in [4.69, 9.17) is 11.6 Å². The van der Waals surface area contributed by atoms with Gasteiger partial charge in [0.15, 0.2) is 5.78 Å². The number of rotatable bonds is 4. The molecule has 0 bridgehead atoms. The minimum Gasteiger partial charge on any atom is -0.298 e. The molecular formula is C18H22ClN3O. The van der Waals surface area contributed by atoms with E-state index in [-0.39, 0.29) is 11.7 Å². The minimum absolute atomic E-state index is 0.0697. The highest BCUT2D eigenvalue weighted by molar-refractivity contribution is 6.30. The molecular weight excluding hydrogens is 310 g/mol. The van der Waals surface area contributed by atoms with Gasteiger partial charge in [0.2, 0.25) is 0 Å². The summed E-state index contributed by atoms with van der Waals surface area (Å²) < 4.78 is 1.82. The second kappa shape index (κ2) is 6.85. The summed E-state index contributed by atoms with van der Waals surface area (Å²) in [5, 5.41) is 4.90. The number of likely N-dealkylation sites (tertiary alicyclic amines) is 1. The molecule has 2 aromatic rings. The monoisotopic (exact) mass is 331 g/mol. The Hall–Kier alpha value is -1.65. The lowest BCUT2D eigenvalue weighted by Gasteiger charge is -2.31. The third-order valence-electron chi connectivity index (χ3n) is 4.49. The van der Waals surface area contributed by atoms with Crippen LogP contribution in [0.1, 0.15) is 34.3 Å². The second-order valence-corrected chi connectivity index (χ2v) is 6.86. The van der Waals surface area contributed by atoms with Crippen molar-refractivity contribution in [2.45, 2.75) is 26.3 Å². The molecule has 23 heavy (non-hydrogen) atoms. The van der Waals surface area contributed by atoms with E-state index in [2.05, 4.69) is 10.00 Å². The van der Waals surface area contributed by atoms with Crippen molar-refractivity contribution in [3.05, 3.63) is 52.3 Å². The van der Waals surface area contributed by atoms with Gasteiger partial charge in [-0.3, -0.25) is 14.4 Å². The van der Waals surface area contributed by atoms with Crippen molar-refractivity contribution in [1.29, 1.82) is 0 Å². The van der Waals surface area contributed by atoms with Crippen LogP contribution < -0.4 is 0 Å². The molecule has 0 N–H and O–H groups in total. The van der Waals surface area contributed by atoms with Crippen LogP contribution in [0.3, 0.4) is 0 Å². The normalized spacial score (nSPS) is 19.0. The van der Waals surface area contributed by atoms with Gasteiger partial charge >= 0.3 is 0 Å². The molecule has 0 unspecified atom stereocenters. The van der Waals surface area contributed by atoms with Gasteiger partial charge in [0.05, 0.1) is 6.20 Å². The summed E-state index contributed by atoms with van der Waals surface area (Å²) in [4.78, 5) is 15.2. The van der Waals surface area contributed by atoms with Gasteiger partial charge in [0.1, 0.15) is 0 Å². The maximum absolute atomic E-state index is 12.8. The Morgan fingerprint density at radius 1 is 1.43 bits per heavy atom. The number of aromatic nitrogens is 2. The van der Waals surface area contributed by atoms with Crippen molar-refractivity contribution >= 4 is 17.4 Å². The molecule has 0 radical (unpaired) electrons. The van der Waals surface area contributed by atoms with Crippen molar-refractivity contribution in [2.75, 3.05) is 13.1 Å². The first-order valence-electron chi connectivity index (χ1n) is 8.03. The first kappa shape index (κ1) is 16.2. The van der Waals surface area contributed by atoms with Crippen LogP contribution in [0.2, 0.25) is 5.02 Å². The van der Waals surface area contributed by atoms with Gasteiger partial charge in [-0.2, -0.15) is 5.10 Å². The summed E-state index contributed by atoms with van der Waals surface area (Å²) >= 11 is 6.00. The Morgan fingerprint density at radius 3 is 2.96 bits per heavy atom. The number of ketones is 1. The van der Waals surface area contributed by atoms with Crippen molar-refractivity contribution in [3.8, 4) is 0 Å². The molecule has 1 aliphatic rings. The fraction of sp³-hybridized carbons (Fsp3) is 0.444. The van der Waals surface area contributed by atoms with Crippen LogP contribution >= 0.6 is 11.6 Å². The third-order valence-corrected chi connectivity index (χ3v) is 4.73. The zero-order valence-corrected chi connectivity index (χ0v) is 14.4. The Kier molecular flexibility index (Phi) is 4.83. The largest absolute Gasteiger partial charge is 0.298 e. The molecule has 1 aromatic carbocycles. The fourth-order valence-electron chi connectivity index (χ4n) is 3.35. The van der Waals surface area contributed by atoms with Crippen molar-refractivity contribution in [2.24, 2.45) is 13.0 Å². The average Bonchev–Trinajstić information content (AvgIpc) is 2.92. The zero-order chi connectivity index (χ0) is 16.4. The summed E-state index contributed by atoms with van der Waals surface area (Å²) in [6, 6.07) is 5.53. The molecule has 1 aromatic heterocycles. The molecule has 0 saturated carbocycles. The zero-order valence-electron chi connectivity index (χ0n) is 13.6. The lowest BCUT2D eigenvalue weighted by atomic mass is 9.88. The van der Waals surface area contributed by atoms with E-state index in [0.717, 1.165) is 43.6 Å². The predicted molar refractivity (Wildman–Crippen MR) is 91.7 cm³/mol. The summed E-state index contributed by atoms with van der Waals surface area (Å²) in [6.45, 7) is 4.67. The van der Waals surface area contributed by atoms with Crippen LogP contribution in [-0.2, 0) is 13.6 Å². The SMILES string of the molecule is Cc1cc(Cl)ccc1C(=O)[C@@H]1CCCN(Cc2cnn(C)c2)C1. The lowest BCUT2D eigenvalue weighted by molar-refractivity contribution is 0.0811. The molecule has 0 aliphatic carbocycles. The molecule has 3 rings (SSSR count). The topological polar surface area (TPSA) is 38.1 Å².